The predicted molar refractivity (Wildman–Crippen MR) is 106 cm³/mol. The fraction of sp³-hybridized carbons (Fsp3) is 0.381. The second kappa shape index (κ2) is 7.78. The number of amides is 3. The van der Waals surface area contributed by atoms with Crippen LogP contribution in [-0.4, -0.2) is 47.4 Å². The highest BCUT2D eigenvalue weighted by atomic mass is 16.2. The Morgan fingerprint density at radius 1 is 1.22 bits per heavy atom. The first-order valence-corrected chi connectivity index (χ1v) is 9.21. The first-order chi connectivity index (χ1) is 12.9. The summed E-state index contributed by atoms with van der Waals surface area (Å²) in [5.74, 6) is 0.281. The van der Waals surface area contributed by atoms with Crippen LogP contribution in [0.3, 0.4) is 0 Å². The Morgan fingerprint density at radius 2 is 2.00 bits per heavy atom. The van der Waals surface area contributed by atoms with Crippen LogP contribution in [0.1, 0.15) is 46.9 Å². The van der Waals surface area contributed by atoms with E-state index >= 15 is 0 Å². The quantitative estimate of drug-likeness (QED) is 0.904. The Kier molecular flexibility index (Phi) is 5.44. The Hall–Kier alpha value is -2.89. The Balaban J connectivity index is 1.72. The predicted octanol–water partition coefficient (Wildman–Crippen LogP) is 3.50. The van der Waals surface area contributed by atoms with Gasteiger partial charge in [0.15, 0.2) is 0 Å². The summed E-state index contributed by atoms with van der Waals surface area (Å²) in [5, 5.41) is 2.89. The summed E-state index contributed by atoms with van der Waals surface area (Å²) >= 11 is 0. The van der Waals surface area contributed by atoms with Crippen LogP contribution in [0.5, 0.6) is 0 Å². The minimum absolute atomic E-state index is 0.162. The number of hydrogen-bond donors (Lipinski definition) is 1. The number of nitrogens with one attached hydrogen (secondary N) is 1. The van der Waals surface area contributed by atoms with E-state index < -0.39 is 0 Å². The maximum Gasteiger partial charge on any atom is 0.322 e. The van der Waals surface area contributed by atoms with Gasteiger partial charge in [0.1, 0.15) is 5.69 Å². The van der Waals surface area contributed by atoms with Crippen molar-refractivity contribution in [3.8, 4) is 0 Å². The molecular weight excluding hydrogens is 340 g/mol. The molecule has 142 valence electrons. The fourth-order valence-electron chi connectivity index (χ4n) is 3.41. The second-order valence-electron chi connectivity index (χ2n) is 7.37. The van der Waals surface area contributed by atoms with Gasteiger partial charge in [0, 0.05) is 39.1 Å². The Morgan fingerprint density at radius 3 is 2.70 bits per heavy atom. The summed E-state index contributed by atoms with van der Waals surface area (Å²) in [4.78, 5) is 32.1. The van der Waals surface area contributed by atoms with E-state index in [1.165, 1.54) is 27.8 Å². The number of fused-ring (bicyclic) bond motifs is 1. The third-order valence-electron chi connectivity index (χ3n) is 4.85. The van der Waals surface area contributed by atoms with Gasteiger partial charge in [-0.2, -0.15) is 0 Å². The molecule has 3 amide bonds. The van der Waals surface area contributed by atoms with Crippen LogP contribution in [0.15, 0.2) is 36.5 Å². The molecule has 0 radical (unpaired) electrons. The molecule has 0 saturated carbocycles. The lowest BCUT2D eigenvalue weighted by molar-refractivity contribution is 0.0822. The van der Waals surface area contributed by atoms with Gasteiger partial charge in [-0.15, -0.1) is 0 Å². The number of urea groups is 1. The molecule has 1 aliphatic rings. The lowest BCUT2D eigenvalue weighted by Gasteiger charge is -2.31. The SMILES string of the molecule is CC(C)c1cccc2c1CCN(C(=O)Nc1ccnc(C(=O)N(C)C)c1)C2. The molecule has 1 N–H and O–H groups in total. The van der Waals surface area contributed by atoms with Gasteiger partial charge in [-0.25, -0.2) is 4.79 Å². The van der Waals surface area contributed by atoms with Crippen LogP contribution < -0.4 is 5.32 Å². The zero-order chi connectivity index (χ0) is 19.6. The van der Waals surface area contributed by atoms with E-state index in [0.29, 0.717) is 30.4 Å². The maximum atomic E-state index is 12.7. The minimum atomic E-state index is -0.195. The van der Waals surface area contributed by atoms with Gasteiger partial charge in [-0.05, 0) is 41.2 Å². The molecule has 0 saturated heterocycles. The average Bonchev–Trinajstić information content (AvgIpc) is 2.66. The van der Waals surface area contributed by atoms with E-state index in [0.717, 1.165) is 6.42 Å². The van der Waals surface area contributed by atoms with Gasteiger partial charge < -0.3 is 15.1 Å². The van der Waals surface area contributed by atoms with Crippen molar-refractivity contribution < 1.29 is 9.59 Å². The van der Waals surface area contributed by atoms with Crippen LogP contribution in [0.4, 0.5) is 10.5 Å². The zero-order valence-electron chi connectivity index (χ0n) is 16.3. The molecule has 1 aromatic heterocycles. The largest absolute Gasteiger partial charge is 0.343 e. The van der Waals surface area contributed by atoms with Crippen molar-refractivity contribution in [2.45, 2.75) is 32.7 Å². The number of nitrogens with zero attached hydrogens (tertiary/aromatic N) is 3. The molecule has 27 heavy (non-hydrogen) atoms. The highest BCUT2D eigenvalue weighted by molar-refractivity contribution is 5.95. The molecule has 0 atom stereocenters. The molecule has 0 spiro atoms. The number of carbonyl (C=O) groups excluding carboxylic acids is 2. The third-order valence-corrected chi connectivity index (χ3v) is 4.85. The maximum absolute atomic E-state index is 12.7. The Labute approximate surface area is 160 Å². The van der Waals surface area contributed by atoms with E-state index in [2.05, 4.69) is 42.3 Å². The first-order valence-electron chi connectivity index (χ1n) is 9.21. The number of carbonyl (C=O) groups is 2. The van der Waals surface area contributed by atoms with Crippen molar-refractivity contribution >= 4 is 17.6 Å². The summed E-state index contributed by atoms with van der Waals surface area (Å²) in [6.45, 7) is 5.67. The van der Waals surface area contributed by atoms with Crippen LogP contribution in [-0.2, 0) is 13.0 Å². The zero-order valence-corrected chi connectivity index (χ0v) is 16.3. The van der Waals surface area contributed by atoms with Crippen LogP contribution >= 0.6 is 0 Å². The molecule has 0 aliphatic carbocycles. The van der Waals surface area contributed by atoms with Gasteiger partial charge in [-0.3, -0.25) is 9.78 Å². The van der Waals surface area contributed by atoms with Crippen LogP contribution in [0.2, 0.25) is 0 Å². The van der Waals surface area contributed by atoms with E-state index in [-0.39, 0.29) is 11.9 Å². The molecule has 1 aromatic carbocycles. The summed E-state index contributed by atoms with van der Waals surface area (Å²) in [7, 11) is 3.34. The molecule has 0 bridgehead atoms. The topological polar surface area (TPSA) is 65.5 Å². The fourth-order valence-corrected chi connectivity index (χ4v) is 3.41. The van der Waals surface area contributed by atoms with E-state index in [4.69, 9.17) is 0 Å². The Bertz CT molecular complexity index is 861. The van der Waals surface area contributed by atoms with Crippen molar-refractivity contribution in [2.75, 3.05) is 26.0 Å². The molecule has 6 heteroatoms. The molecule has 0 unspecified atom stereocenters. The number of hydrogen-bond acceptors (Lipinski definition) is 3. The normalized spacial score (nSPS) is 13.3. The average molecular weight is 366 g/mol. The second-order valence-corrected chi connectivity index (χ2v) is 7.37. The van der Waals surface area contributed by atoms with E-state index in [1.807, 2.05) is 0 Å². The standard InChI is InChI=1S/C21H26N4O2/c1-14(2)17-7-5-6-15-13-25(11-9-18(15)17)21(27)23-16-8-10-22-19(12-16)20(26)24(3)4/h5-8,10,12,14H,9,11,13H2,1-4H3,(H,22,23,27). The lowest BCUT2D eigenvalue weighted by Crippen LogP contribution is -2.39. The molecule has 0 fully saturated rings. The number of aromatic nitrogens is 1. The van der Waals surface area contributed by atoms with Gasteiger partial charge in [0.05, 0.1) is 0 Å². The molecule has 1 aliphatic heterocycles. The van der Waals surface area contributed by atoms with Crippen molar-refractivity contribution in [2.24, 2.45) is 0 Å². The summed E-state index contributed by atoms with van der Waals surface area (Å²) < 4.78 is 0. The van der Waals surface area contributed by atoms with Crippen molar-refractivity contribution in [1.29, 1.82) is 0 Å². The van der Waals surface area contributed by atoms with Crippen molar-refractivity contribution in [3.05, 3.63) is 58.9 Å². The molecular formula is C21H26N4O2. The number of anilines is 1. The highest BCUT2D eigenvalue weighted by Gasteiger charge is 2.23. The van der Waals surface area contributed by atoms with E-state index in [1.54, 1.807) is 31.1 Å². The van der Waals surface area contributed by atoms with Crippen molar-refractivity contribution in [3.63, 3.8) is 0 Å². The van der Waals surface area contributed by atoms with Crippen LogP contribution in [0.25, 0.3) is 0 Å². The molecule has 2 aromatic rings. The molecule has 3 rings (SSSR count). The molecule has 2 heterocycles. The van der Waals surface area contributed by atoms with Crippen molar-refractivity contribution in [1.82, 2.24) is 14.8 Å². The number of rotatable bonds is 3. The van der Waals surface area contributed by atoms with Crippen LogP contribution in [0, 0.1) is 0 Å². The number of benzene rings is 1. The first kappa shape index (κ1) is 18.9. The highest BCUT2D eigenvalue weighted by Crippen LogP contribution is 2.27. The number of pyridine rings is 1. The molecule has 6 nitrogen and oxygen atoms in total. The van der Waals surface area contributed by atoms with Gasteiger partial charge in [0.25, 0.3) is 5.91 Å². The van der Waals surface area contributed by atoms with E-state index in [9.17, 15) is 9.59 Å². The third kappa shape index (κ3) is 4.10. The summed E-state index contributed by atoms with van der Waals surface area (Å²) in [6, 6.07) is 9.48. The lowest BCUT2D eigenvalue weighted by atomic mass is 9.89. The van der Waals surface area contributed by atoms with Gasteiger partial charge in [-0.1, -0.05) is 32.0 Å². The summed E-state index contributed by atoms with van der Waals surface area (Å²) in [5.41, 5.74) is 4.83. The van der Waals surface area contributed by atoms with Gasteiger partial charge >= 0.3 is 6.03 Å². The van der Waals surface area contributed by atoms with Gasteiger partial charge in [0.2, 0.25) is 0 Å². The monoisotopic (exact) mass is 366 g/mol. The minimum Gasteiger partial charge on any atom is -0.343 e. The summed E-state index contributed by atoms with van der Waals surface area (Å²) in [6.07, 6.45) is 2.39. The smallest absolute Gasteiger partial charge is 0.322 e.